The maximum atomic E-state index is 12.7. The number of nitro benzene ring substituents is 1. The van der Waals surface area contributed by atoms with Crippen molar-refractivity contribution in [1.29, 1.82) is 0 Å². The molecule has 0 saturated heterocycles. The van der Waals surface area contributed by atoms with Crippen LogP contribution in [0.15, 0.2) is 65.1 Å². The number of para-hydroxylation sites is 1. The number of carbonyl (C=O) groups excluding carboxylic acids is 1. The number of nitrogens with one attached hydrogen (secondary N) is 1. The van der Waals surface area contributed by atoms with Gasteiger partial charge >= 0.3 is 0 Å². The number of nitro groups is 1. The van der Waals surface area contributed by atoms with Crippen LogP contribution in [-0.4, -0.2) is 15.8 Å². The smallest absolute Gasteiger partial charge is 0.272 e. The summed E-state index contributed by atoms with van der Waals surface area (Å²) in [7, 11) is 0. The molecule has 144 valence electrons. The fourth-order valence-electron chi connectivity index (χ4n) is 2.99. The van der Waals surface area contributed by atoms with Crippen molar-refractivity contribution in [2.24, 2.45) is 0 Å². The monoisotopic (exact) mass is 407 g/mol. The maximum absolute atomic E-state index is 12.7. The molecule has 0 bridgehead atoms. The van der Waals surface area contributed by atoms with Crippen LogP contribution in [0.2, 0.25) is 5.02 Å². The standard InChI is InChI=1S/C21H14ClN3O4/c1-12-10-13(6-8-18(12)25(27)28)20(26)23-16-5-3-2-4-15(16)21-24-17-11-14(22)7-9-19(17)29-21/h2-11H,1H3,(H,23,26). The van der Waals surface area contributed by atoms with E-state index in [0.717, 1.165) is 0 Å². The highest BCUT2D eigenvalue weighted by atomic mass is 35.5. The second-order valence-corrected chi connectivity index (χ2v) is 6.83. The summed E-state index contributed by atoms with van der Waals surface area (Å²) in [6.07, 6.45) is 0. The molecule has 0 radical (unpaired) electrons. The normalized spacial score (nSPS) is 10.8. The summed E-state index contributed by atoms with van der Waals surface area (Å²) in [6.45, 7) is 1.59. The number of halogens is 1. The van der Waals surface area contributed by atoms with Gasteiger partial charge in [0.15, 0.2) is 5.58 Å². The minimum Gasteiger partial charge on any atom is -0.436 e. The third-order valence-electron chi connectivity index (χ3n) is 4.41. The lowest BCUT2D eigenvalue weighted by Crippen LogP contribution is -2.13. The summed E-state index contributed by atoms with van der Waals surface area (Å²) in [5.41, 5.74) is 2.99. The molecule has 7 nitrogen and oxygen atoms in total. The second-order valence-electron chi connectivity index (χ2n) is 6.39. The molecule has 4 rings (SSSR count). The highest BCUT2D eigenvalue weighted by Crippen LogP contribution is 2.31. The van der Waals surface area contributed by atoms with E-state index in [-0.39, 0.29) is 5.69 Å². The van der Waals surface area contributed by atoms with Gasteiger partial charge in [0, 0.05) is 22.2 Å². The number of fused-ring (bicyclic) bond motifs is 1. The molecular weight excluding hydrogens is 394 g/mol. The van der Waals surface area contributed by atoms with Crippen LogP contribution in [0.1, 0.15) is 15.9 Å². The summed E-state index contributed by atoms with van der Waals surface area (Å²) >= 11 is 6.00. The Morgan fingerprint density at radius 1 is 1.14 bits per heavy atom. The molecular formula is C21H14ClN3O4. The van der Waals surface area contributed by atoms with Crippen LogP contribution < -0.4 is 5.32 Å². The van der Waals surface area contributed by atoms with Crippen molar-refractivity contribution >= 4 is 40.0 Å². The molecule has 0 saturated carbocycles. The lowest BCUT2D eigenvalue weighted by Gasteiger charge is -2.09. The third-order valence-corrected chi connectivity index (χ3v) is 4.65. The Kier molecular flexibility index (Phi) is 4.74. The van der Waals surface area contributed by atoms with E-state index in [1.54, 1.807) is 43.3 Å². The van der Waals surface area contributed by atoms with E-state index in [1.807, 2.05) is 6.07 Å². The molecule has 1 aromatic heterocycles. The van der Waals surface area contributed by atoms with Crippen LogP contribution in [0.4, 0.5) is 11.4 Å². The third kappa shape index (κ3) is 3.68. The van der Waals surface area contributed by atoms with Gasteiger partial charge in [-0.3, -0.25) is 14.9 Å². The molecule has 1 N–H and O–H groups in total. The number of oxazole rings is 1. The number of anilines is 1. The van der Waals surface area contributed by atoms with Crippen LogP contribution in [-0.2, 0) is 0 Å². The number of aromatic nitrogens is 1. The van der Waals surface area contributed by atoms with Crippen molar-refractivity contribution in [2.75, 3.05) is 5.32 Å². The summed E-state index contributed by atoms with van der Waals surface area (Å²) in [5.74, 6) is -0.0485. The van der Waals surface area contributed by atoms with Crippen molar-refractivity contribution < 1.29 is 14.1 Å². The number of carbonyl (C=O) groups is 1. The van der Waals surface area contributed by atoms with E-state index in [2.05, 4.69) is 10.3 Å². The number of nitrogens with zero attached hydrogens (tertiary/aromatic N) is 2. The van der Waals surface area contributed by atoms with Crippen LogP contribution in [0.25, 0.3) is 22.6 Å². The van der Waals surface area contributed by atoms with Gasteiger partial charge in [-0.2, -0.15) is 0 Å². The first-order valence-corrected chi connectivity index (χ1v) is 9.02. The molecule has 3 aromatic carbocycles. The lowest BCUT2D eigenvalue weighted by molar-refractivity contribution is -0.385. The average molecular weight is 408 g/mol. The predicted molar refractivity (Wildman–Crippen MR) is 110 cm³/mol. The quantitative estimate of drug-likeness (QED) is 0.350. The van der Waals surface area contributed by atoms with Crippen LogP contribution >= 0.6 is 11.6 Å². The van der Waals surface area contributed by atoms with Crippen LogP contribution in [0, 0.1) is 17.0 Å². The van der Waals surface area contributed by atoms with Crippen molar-refractivity contribution in [3.63, 3.8) is 0 Å². The summed E-state index contributed by atoms with van der Waals surface area (Å²) in [6, 6.07) is 16.5. The van der Waals surface area contributed by atoms with Gasteiger partial charge in [-0.1, -0.05) is 23.7 Å². The Morgan fingerprint density at radius 2 is 1.93 bits per heavy atom. The Balaban J connectivity index is 1.67. The number of hydrogen-bond donors (Lipinski definition) is 1. The van der Waals surface area contributed by atoms with E-state index in [0.29, 0.717) is 44.4 Å². The Labute approximate surface area is 170 Å². The van der Waals surface area contributed by atoms with Gasteiger partial charge in [-0.05, 0) is 49.4 Å². The Bertz CT molecular complexity index is 1270. The van der Waals surface area contributed by atoms with E-state index < -0.39 is 10.8 Å². The molecule has 1 amide bonds. The van der Waals surface area contributed by atoms with Crippen molar-refractivity contribution in [1.82, 2.24) is 4.98 Å². The molecule has 0 atom stereocenters. The topological polar surface area (TPSA) is 98.3 Å². The van der Waals surface area contributed by atoms with E-state index in [4.69, 9.17) is 16.0 Å². The van der Waals surface area contributed by atoms with Gasteiger partial charge in [0.05, 0.1) is 16.2 Å². The fourth-order valence-corrected chi connectivity index (χ4v) is 3.16. The number of benzene rings is 3. The van der Waals surface area contributed by atoms with Gasteiger partial charge in [-0.25, -0.2) is 4.98 Å². The number of hydrogen-bond acceptors (Lipinski definition) is 5. The number of amides is 1. The molecule has 0 aliphatic heterocycles. The highest BCUT2D eigenvalue weighted by Gasteiger charge is 2.17. The second kappa shape index (κ2) is 7.37. The van der Waals surface area contributed by atoms with E-state index in [1.165, 1.54) is 18.2 Å². The van der Waals surface area contributed by atoms with Gasteiger partial charge in [0.25, 0.3) is 11.6 Å². The summed E-state index contributed by atoms with van der Waals surface area (Å²) in [4.78, 5) is 27.6. The number of aryl methyl sites for hydroxylation is 1. The molecule has 8 heteroatoms. The van der Waals surface area contributed by atoms with E-state index in [9.17, 15) is 14.9 Å². The Hall–Kier alpha value is -3.71. The van der Waals surface area contributed by atoms with Crippen molar-refractivity contribution in [3.8, 4) is 11.5 Å². The molecule has 0 aliphatic rings. The average Bonchev–Trinajstić information content (AvgIpc) is 3.11. The minimum atomic E-state index is -0.480. The maximum Gasteiger partial charge on any atom is 0.272 e. The fraction of sp³-hybridized carbons (Fsp3) is 0.0476. The first kappa shape index (κ1) is 18.6. The summed E-state index contributed by atoms with van der Waals surface area (Å²) < 4.78 is 5.80. The number of rotatable bonds is 4. The first-order chi connectivity index (χ1) is 13.9. The predicted octanol–water partition coefficient (Wildman–Crippen LogP) is 5.62. The van der Waals surface area contributed by atoms with E-state index >= 15 is 0 Å². The van der Waals surface area contributed by atoms with Gasteiger partial charge < -0.3 is 9.73 Å². The van der Waals surface area contributed by atoms with Crippen LogP contribution in [0.3, 0.4) is 0 Å². The first-order valence-electron chi connectivity index (χ1n) is 8.64. The zero-order valence-corrected chi connectivity index (χ0v) is 15.9. The molecule has 4 aromatic rings. The highest BCUT2D eigenvalue weighted by molar-refractivity contribution is 6.31. The van der Waals surface area contributed by atoms with Gasteiger partial charge in [0.1, 0.15) is 5.52 Å². The molecule has 29 heavy (non-hydrogen) atoms. The van der Waals surface area contributed by atoms with Crippen molar-refractivity contribution in [3.05, 3.63) is 86.9 Å². The molecule has 1 heterocycles. The zero-order valence-electron chi connectivity index (χ0n) is 15.2. The van der Waals surface area contributed by atoms with Crippen molar-refractivity contribution in [2.45, 2.75) is 6.92 Å². The van der Waals surface area contributed by atoms with Gasteiger partial charge in [0.2, 0.25) is 5.89 Å². The van der Waals surface area contributed by atoms with Gasteiger partial charge in [-0.15, -0.1) is 0 Å². The minimum absolute atomic E-state index is 0.0351. The summed E-state index contributed by atoms with van der Waals surface area (Å²) in [5, 5.41) is 14.3. The largest absolute Gasteiger partial charge is 0.436 e. The SMILES string of the molecule is Cc1cc(C(=O)Nc2ccccc2-c2nc3cc(Cl)ccc3o2)ccc1[N+](=O)[O-]. The molecule has 0 spiro atoms. The molecule has 0 unspecified atom stereocenters. The lowest BCUT2D eigenvalue weighted by atomic mass is 10.1. The molecule has 0 aliphatic carbocycles. The Morgan fingerprint density at radius 3 is 2.69 bits per heavy atom. The zero-order chi connectivity index (χ0) is 20.5. The van der Waals surface area contributed by atoms with Crippen LogP contribution in [0.5, 0.6) is 0 Å². The molecule has 0 fully saturated rings.